The molecule has 2 heterocycles. The molecule has 1 aliphatic heterocycles. The first-order chi connectivity index (χ1) is 8.65. The lowest BCUT2D eigenvalue weighted by Gasteiger charge is -2.06. The standard InChI is InChI=1S/C13H11ClN2O2/c1-7-8(2)15-13(16-12(7)14)9-3-4-10-11(5-9)18-6-17-10/h3-5H,6H2,1-2H3. The minimum atomic E-state index is 0.257. The van der Waals surface area contributed by atoms with Crippen LogP contribution in [0.2, 0.25) is 5.15 Å². The number of aromatic nitrogens is 2. The molecule has 18 heavy (non-hydrogen) atoms. The molecular weight excluding hydrogens is 252 g/mol. The van der Waals surface area contributed by atoms with Crippen molar-refractivity contribution >= 4 is 11.6 Å². The van der Waals surface area contributed by atoms with Gasteiger partial charge in [0.2, 0.25) is 6.79 Å². The molecule has 0 fully saturated rings. The molecule has 4 nitrogen and oxygen atoms in total. The van der Waals surface area contributed by atoms with Crippen LogP contribution in [0.25, 0.3) is 11.4 Å². The number of nitrogens with zero attached hydrogens (tertiary/aromatic N) is 2. The summed E-state index contributed by atoms with van der Waals surface area (Å²) in [5.74, 6) is 2.06. The first-order valence-corrected chi connectivity index (χ1v) is 5.94. The summed E-state index contributed by atoms with van der Waals surface area (Å²) in [4.78, 5) is 8.72. The second-order valence-electron chi connectivity index (χ2n) is 4.12. The molecule has 1 aromatic carbocycles. The third-order valence-electron chi connectivity index (χ3n) is 2.96. The molecule has 0 saturated carbocycles. The van der Waals surface area contributed by atoms with E-state index in [0.29, 0.717) is 16.7 Å². The van der Waals surface area contributed by atoms with Crippen LogP contribution < -0.4 is 9.47 Å². The van der Waals surface area contributed by atoms with E-state index in [1.807, 2.05) is 32.0 Å². The summed E-state index contributed by atoms with van der Waals surface area (Å²) < 4.78 is 10.6. The molecule has 92 valence electrons. The van der Waals surface area contributed by atoms with Gasteiger partial charge in [-0.25, -0.2) is 9.97 Å². The van der Waals surface area contributed by atoms with E-state index in [1.54, 1.807) is 0 Å². The normalized spacial score (nSPS) is 12.8. The lowest BCUT2D eigenvalue weighted by atomic mass is 10.1. The van der Waals surface area contributed by atoms with Gasteiger partial charge in [0.25, 0.3) is 0 Å². The van der Waals surface area contributed by atoms with Crippen molar-refractivity contribution in [1.29, 1.82) is 0 Å². The van der Waals surface area contributed by atoms with Crippen LogP contribution in [-0.2, 0) is 0 Å². The summed E-state index contributed by atoms with van der Waals surface area (Å²) in [7, 11) is 0. The van der Waals surface area contributed by atoms with Gasteiger partial charge in [-0.2, -0.15) is 0 Å². The molecule has 0 N–H and O–H groups in total. The lowest BCUT2D eigenvalue weighted by Crippen LogP contribution is -1.96. The van der Waals surface area contributed by atoms with Gasteiger partial charge in [-0.05, 0) is 32.0 Å². The maximum absolute atomic E-state index is 6.08. The number of hydrogen-bond acceptors (Lipinski definition) is 4. The molecule has 5 heteroatoms. The Morgan fingerprint density at radius 2 is 1.89 bits per heavy atom. The Kier molecular flexibility index (Phi) is 2.59. The van der Waals surface area contributed by atoms with Gasteiger partial charge >= 0.3 is 0 Å². The third kappa shape index (κ3) is 1.78. The minimum Gasteiger partial charge on any atom is -0.454 e. The van der Waals surface area contributed by atoms with Gasteiger partial charge in [0, 0.05) is 16.8 Å². The zero-order chi connectivity index (χ0) is 12.7. The summed E-state index contributed by atoms with van der Waals surface area (Å²) in [6.07, 6.45) is 0. The number of fused-ring (bicyclic) bond motifs is 1. The SMILES string of the molecule is Cc1nc(-c2ccc3c(c2)OCO3)nc(Cl)c1C. The highest BCUT2D eigenvalue weighted by atomic mass is 35.5. The smallest absolute Gasteiger partial charge is 0.231 e. The van der Waals surface area contributed by atoms with E-state index in [0.717, 1.165) is 22.6 Å². The second kappa shape index (κ2) is 4.14. The third-order valence-corrected chi connectivity index (χ3v) is 3.33. The molecule has 0 unspecified atom stereocenters. The molecule has 0 saturated heterocycles. The van der Waals surface area contributed by atoms with Gasteiger partial charge in [0.1, 0.15) is 5.15 Å². The molecule has 0 amide bonds. The first-order valence-electron chi connectivity index (χ1n) is 5.56. The largest absolute Gasteiger partial charge is 0.454 e. The van der Waals surface area contributed by atoms with Crippen molar-refractivity contribution < 1.29 is 9.47 Å². The minimum absolute atomic E-state index is 0.257. The van der Waals surface area contributed by atoms with Crippen molar-refractivity contribution in [3.8, 4) is 22.9 Å². The second-order valence-corrected chi connectivity index (χ2v) is 4.47. The summed E-state index contributed by atoms with van der Waals surface area (Å²) in [6, 6.07) is 5.61. The molecule has 3 rings (SSSR count). The van der Waals surface area contributed by atoms with E-state index in [-0.39, 0.29) is 6.79 Å². The molecular formula is C13H11ClN2O2. The highest BCUT2D eigenvalue weighted by Gasteiger charge is 2.15. The highest BCUT2D eigenvalue weighted by Crippen LogP contribution is 2.35. The van der Waals surface area contributed by atoms with E-state index in [1.165, 1.54) is 0 Å². The van der Waals surface area contributed by atoms with E-state index in [2.05, 4.69) is 9.97 Å². The van der Waals surface area contributed by atoms with Crippen LogP contribution in [0.1, 0.15) is 11.3 Å². The summed E-state index contributed by atoms with van der Waals surface area (Å²) >= 11 is 6.08. The monoisotopic (exact) mass is 262 g/mol. The fourth-order valence-electron chi connectivity index (χ4n) is 1.76. The number of ether oxygens (including phenoxy) is 2. The summed E-state index contributed by atoms with van der Waals surface area (Å²) in [6.45, 7) is 4.08. The Bertz CT molecular complexity index is 605. The van der Waals surface area contributed by atoms with Gasteiger partial charge in [-0.1, -0.05) is 11.6 Å². The van der Waals surface area contributed by atoms with Crippen molar-refractivity contribution in [2.75, 3.05) is 6.79 Å². The van der Waals surface area contributed by atoms with Gasteiger partial charge in [-0.15, -0.1) is 0 Å². The molecule has 0 spiro atoms. The number of halogens is 1. The Balaban J connectivity index is 2.10. The molecule has 0 aliphatic carbocycles. The van der Waals surface area contributed by atoms with E-state index < -0.39 is 0 Å². The van der Waals surface area contributed by atoms with Crippen LogP contribution in [0.5, 0.6) is 11.5 Å². The zero-order valence-electron chi connectivity index (χ0n) is 10.0. The van der Waals surface area contributed by atoms with Crippen molar-refractivity contribution in [2.45, 2.75) is 13.8 Å². The average Bonchev–Trinajstić information content (AvgIpc) is 2.82. The Morgan fingerprint density at radius 1 is 1.11 bits per heavy atom. The first kappa shape index (κ1) is 11.3. The van der Waals surface area contributed by atoms with Gasteiger partial charge < -0.3 is 9.47 Å². The van der Waals surface area contributed by atoms with Crippen LogP contribution >= 0.6 is 11.6 Å². The van der Waals surface area contributed by atoms with Crippen LogP contribution in [0.15, 0.2) is 18.2 Å². The van der Waals surface area contributed by atoms with E-state index in [4.69, 9.17) is 21.1 Å². The number of hydrogen-bond donors (Lipinski definition) is 0. The summed E-state index contributed by atoms with van der Waals surface area (Å²) in [5, 5.41) is 0.482. The van der Waals surface area contributed by atoms with Gasteiger partial charge in [0.15, 0.2) is 17.3 Å². The Hall–Kier alpha value is -1.81. The fraction of sp³-hybridized carbons (Fsp3) is 0.231. The highest BCUT2D eigenvalue weighted by molar-refractivity contribution is 6.30. The molecule has 1 aliphatic rings. The number of rotatable bonds is 1. The zero-order valence-corrected chi connectivity index (χ0v) is 10.8. The van der Waals surface area contributed by atoms with Crippen LogP contribution in [0.3, 0.4) is 0 Å². The Labute approximate surface area is 110 Å². The average molecular weight is 263 g/mol. The van der Waals surface area contributed by atoms with Crippen molar-refractivity contribution in [1.82, 2.24) is 9.97 Å². The molecule has 0 bridgehead atoms. The maximum Gasteiger partial charge on any atom is 0.231 e. The van der Waals surface area contributed by atoms with Gasteiger partial charge in [-0.3, -0.25) is 0 Å². The molecule has 2 aromatic rings. The van der Waals surface area contributed by atoms with E-state index in [9.17, 15) is 0 Å². The quantitative estimate of drug-likeness (QED) is 0.741. The fourth-order valence-corrected chi connectivity index (χ4v) is 1.98. The maximum atomic E-state index is 6.08. The topological polar surface area (TPSA) is 44.2 Å². The van der Waals surface area contributed by atoms with Crippen molar-refractivity contribution in [3.63, 3.8) is 0 Å². The number of benzene rings is 1. The van der Waals surface area contributed by atoms with Crippen molar-refractivity contribution in [2.24, 2.45) is 0 Å². The van der Waals surface area contributed by atoms with E-state index >= 15 is 0 Å². The van der Waals surface area contributed by atoms with Crippen LogP contribution in [0.4, 0.5) is 0 Å². The van der Waals surface area contributed by atoms with Crippen LogP contribution in [0, 0.1) is 13.8 Å². The van der Waals surface area contributed by atoms with Crippen molar-refractivity contribution in [3.05, 3.63) is 34.6 Å². The lowest BCUT2D eigenvalue weighted by molar-refractivity contribution is 0.174. The predicted molar refractivity (Wildman–Crippen MR) is 68.1 cm³/mol. The molecule has 0 atom stereocenters. The summed E-state index contributed by atoms with van der Waals surface area (Å²) in [5.41, 5.74) is 2.65. The molecule has 1 aromatic heterocycles. The van der Waals surface area contributed by atoms with Crippen LogP contribution in [-0.4, -0.2) is 16.8 Å². The van der Waals surface area contributed by atoms with Gasteiger partial charge in [0.05, 0.1) is 0 Å². The number of aryl methyl sites for hydroxylation is 1. The Morgan fingerprint density at radius 3 is 2.67 bits per heavy atom. The molecule has 0 radical (unpaired) electrons. The predicted octanol–water partition coefficient (Wildman–Crippen LogP) is 3.14.